The van der Waals surface area contributed by atoms with Gasteiger partial charge in [-0.25, -0.2) is 4.98 Å². The molecule has 0 aromatic carbocycles. The van der Waals surface area contributed by atoms with E-state index in [4.69, 9.17) is 15.2 Å². The molecule has 0 aliphatic carbocycles. The first kappa shape index (κ1) is 9.27. The predicted octanol–water partition coefficient (Wildman–Crippen LogP) is 1.22. The molecule has 76 valence electrons. The van der Waals surface area contributed by atoms with Gasteiger partial charge in [0.25, 0.3) is 0 Å². The second-order valence-corrected chi connectivity index (χ2v) is 3.33. The average molecular weight is 194 g/mol. The van der Waals surface area contributed by atoms with Gasteiger partial charge in [-0.15, -0.1) is 0 Å². The van der Waals surface area contributed by atoms with Crippen molar-refractivity contribution in [2.24, 2.45) is 0 Å². The Hall–Kier alpha value is -1.29. The van der Waals surface area contributed by atoms with Crippen LogP contribution in [0.5, 0.6) is 5.75 Å². The summed E-state index contributed by atoms with van der Waals surface area (Å²) in [5, 5.41) is 0. The van der Waals surface area contributed by atoms with Gasteiger partial charge in [0.1, 0.15) is 6.61 Å². The molecule has 2 N–H and O–H groups in total. The third kappa shape index (κ3) is 2.14. The first-order valence-corrected chi connectivity index (χ1v) is 4.81. The minimum atomic E-state index is 0.217. The Morgan fingerprint density at radius 1 is 1.64 bits per heavy atom. The lowest BCUT2D eigenvalue weighted by Gasteiger charge is -2.11. The lowest BCUT2D eigenvalue weighted by Crippen LogP contribution is -2.16. The molecule has 2 heterocycles. The smallest absolute Gasteiger partial charge is 0.166 e. The largest absolute Gasteiger partial charge is 0.487 e. The van der Waals surface area contributed by atoms with E-state index in [1.54, 1.807) is 12.3 Å². The van der Waals surface area contributed by atoms with Crippen LogP contribution in [0.2, 0.25) is 0 Å². The molecule has 4 heteroatoms. The molecular formula is C10H14N2O2. The summed E-state index contributed by atoms with van der Waals surface area (Å²) in [4.78, 5) is 3.94. The highest BCUT2D eigenvalue weighted by molar-refractivity contribution is 5.44. The SMILES string of the molecule is Nc1ncccc1OCC1CCCO1. The molecule has 0 amide bonds. The highest BCUT2D eigenvalue weighted by atomic mass is 16.5. The van der Waals surface area contributed by atoms with Gasteiger partial charge in [0.2, 0.25) is 0 Å². The Morgan fingerprint density at radius 3 is 3.29 bits per heavy atom. The normalized spacial score (nSPS) is 21.0. The molecule has 0 spiro atoms. The zero-order chi connectivity index (χ0) is 9.80. The Morgan fingerprint density at radius 2 is 2.57 bits per heavy atom. The first-order valence-electron chi connectivity index (χ1n) is 4.81. The molecule has 1 aromatic heterocycles. The van der Waals surface area contributed by atoms with Crippen LogP contribution in [0.4, 0.5) is 5.82 Å². The van der Waals surface area contributed by atoms with Gasteiger partial charge in [-0.3, -0.25) is 0 Å². The van der Waals surface area contributed by atoms with Crippen molar-refractivity contribution < 1.29 is 9.47 Å². The molecule has 1 aliphatic heterocycles. The van der Waals surface area contributed by atoms with Gasteiger partial charge in [-0.1, -0.05) is 0 Å². The Kier molecular flexibility index (Phi) is 2.84. The molecule has 0 saturated carbocycles. The minimum Gasteiger partial charge on any atom is -0.487 e. The van der Waals surface area contributed by atoms with Crippen molar-refractivity contribution in [2.75, 3.05) is 18.9 Å². The molecule has 1 fully saturated rings. The van der Waals surface area contributed by atoms with Crippen LogP contribution in [0.1, 0.15) is 12.8 Å². The number of aromatic nitrogens is 1. The summed E-state index contributed by atoms with van der Waals surface area (Å²) in [7, 11) is 0. The Balaban J connectivity index is 1.88. The van der Waals surface area contributed by atoms with E-state index in [9.17, 15) is 0 Å². The Labute approximate surface area is 83.0 Å². The lowest BCUT2D eigenvalue weighted by molar-refractivity contribution is 0.0681. The number of nitrogens with zero attached hydrogens (tertiary/aromatic N) is 1. The van der Waals surface area contributed by atoms with Crippen LogP contribution >= 0.6 is 0 Å². The first-order chi connectivity index (χ1) is 6.86. The zero-order valence-electron chi connectivity index (χ0n) is 7.98. The number of rotatable bonds is 3. The summed E-state index contributed by atoms with van der Waals surface area (Å²) in [5.41, 5.74) is 5.63. The van der Waals surface area contributed by atoms with Crippen molar-refractivity contribution in [3.8, 4) is 5.75 Å². The fourth-order valence-electron chi connectivity index (χ4n) is 1.48. The monoisotopic (exact) mass is 194 g/mol. The number of nitrogen functional groups attached to an aromatic ring is 1. The third-order valence-electron chi connectivity index (χ3n) is 2.25. The van der Waals surface area contributed by atoms with Crippen molar-refractivity contribution in [2.45, 2.75) is 18.9 Å². The second kappa shape index (κ2) is 4.28. The summed E-state index contributed by atoms with van der Waals surface area (Å²) >= 11 is 0. The summed E-state index contributed by atoms with van der Waals surface area (Å²) in [5.74, 6) is 1.08. The average Bonchev–Trinajstić information content (AvgIpc) is 2.69. The molecule has 1 unspecified atom stereocenters. The predicted molar refractivity (Wildman–Crippen MR) is 53.1 cm³/mol. The topological polar surface area (TPSA) is 57.4 Å². The molecule has 1 atom stereocenters. The fraction of sp³-hybridized carbons (Fsp3) is 0.500. The van der Waals surface area contributed by atoms with Gasteiger partial charge in [-0.05, 0) is 25.0 Å². The van der Waals surface area contributed by atoms with Gasteiger partial charge in [-0.2, -0.15) is 0 Å². The number of hydrogen-bond acceptors (Lipinski definition) is 4. The fourth-order valence-corrected chi connectivity index (χ4v) is 1.48. The van der Waals surface area contributed by atoms with Crippen LogP contribution in [-0.2, 0) is 4.74 Å². The molecule has 0 bridgehead atoms. The van der Waals surface area contributed by atoms with Gasteiger partial charge >= 0.3 is 0 Å². The molecule has 0 radical (unpaired) electrons. The molecule has 1 aromatic rings. The molecule has 1 saturated heterocycles. The quantitative estimate of drug-likeness (QED) is 0.786. The van der Waals surface area contributed by atoms with Crippen LogP contribution in [0.25, 0.3) is 0 Å². The highest BCUT2D eigenvalue weighted by Gasteiger charge is 2.16. The maximum absolute atomic E-state index is 5.63. The third-order valence-corrected chi connectivity index (χ3v) is 2.25. The molecule has 14 heavy (non-hydrogen) atoms. The number of nitrogens with two attached hydrogens (primary N) is 1. The standard InChI is InChI=1S/C10H14N2O2/c11-10-9(4-1-5-12-10)14-7-8-3-2-6-13-8/h1,4-5,8H,2-3,6-7H2,(H2,11,12). The van der Waals surface area contributed by atoms with Gasteiger partial charge in [0, 0.05) is 12.8 Å². The summed E-state index contributed by atoms with van der Waals surface area (Å²) in [6.45, 7) is 1.41. The number of ether oxygens (including phenoxy) is 2. The van der Waals surface area contributed by atoms with Crippen molar-refractivity contribution in [1.82, 2.24) is 4.98 Å². The zero-order valence-corrected chi connectivity index (χ0v) is 7.98. The van der Waals surface area contributed by atoms with E-state index in [1.807, 2.05) is 6.07 Å². The lowest BCUT2D eigenvalue weighted by atomic mass is 10.2. The van der Waals surface area contributed by atoms with Crippen molar-refractivity contribution in [3.05, 3.63) is 18.3 Å². The van der Waals surface area contributed by atoms with Crippen molar-refractivity contribution in [3.63, 3.8) is 0 Å². The molecular weight excluding hydrogens is 180 g/mol. The van der Waals surface area contributed by atoms with Gasteiger partial charge in [0.05, 0.1) is 6.10 Å². The van der Waals surface area contributed by atoms with Crippen LogP contribution in [0.15, 0.2) is 18.3 Å². The summed E-state index contributed by atoms with van der Waals surface area (Å²) in [6, 6.07) is 3.62. The molecule has 2 rings (SSSR count). The van der Waals surface area contributed by atoms with E-state index >= 15 is 0 Å². The minimum absolute atomic E-state index is 0.217. The van der Waals surface area contributed by atoms with E-state index in [0.717, 1.165) is 19.4 Å². The number of hydrogen-bond donors (Lipinski definition) is 1. The van der Waals surface area contributed by atoms with Crippen LogP contribution in [-0.4, -0.2) is 24.3 Å². The van der Waals surface area contributed by atoms with E-state index in [0.29, 0.717) is 18.2 Å². The van der Waals surface area contributed by atoms with Gasteiger partial charge < -0.3 is 15.2 Å². The van der Waals surface area contributed by atoms with Crippen molar-refractivity contribution in [1.29, 1.82) is 0 Å². The van der Waals surface area contributed by atoms with E-state index in [1.165, 1.54) is 0 Å². The number of pyridine rings is 1. The summed E-state index contributed by atoms with van der Waals surface area (Å²) < 4.78 is 10.9. The Bertz CT molecular complexity index is 298. The van der Waals surface area contributed by atoms with Gasteiger partial charge in [0.15, 0.2) is 11.6 Å². The van der Waals surface area contributed by atoms with Crippen LogP contribution in [0.3, 0.4) is 0 Å². The highest BCUT2D eigenvalue weighted by Crippen LogP contribution is 2.19. The van der Waals surface area contributed by atoms with E-state index in [-0.39, 0.29) is 6.10 Å². The van der Waals surface area contributed by atoms with E-state index in [2.05, 4.69) is 4.98 Å². The second-order valence-electron chi connectivity index (χ2n) is 3.33. The molecule has 1 aliphatic rings. The van der Waals surface area contributed by atoms with E-state index < -0.39 is 0 Å². The molecule has 4 nitrogen and oxygen atoms in total. The summed E-state index contributed by atoms with van der Waals surface area (Å²) in [6.07, 6.45) is 4.06. The number of anilines is 1. The van der Waals surface area contributed by atoms with Crippen LogP contribution < -0.4 is 10.5 Å². The van der Waals surface area contributed by atoms with Crippen LogP contribution in [0, 0.1) is 0 Å². The van der Waals surface area contributed by atoms with Crippen molar-refractivity contribution >= 4 is 5.82 Å². The maximum atomic E-state index is 5.63. The maximum Gasteiger partial charge on any atom is 0.166 e.